The van der Waals surface area contributed by atoms with Crippen molar-refractivity contribution in [3.05, 3.63) is 33.6 Å². The molecule has 1 heterocycles. The Morgan fingerprint density at radius 2 is 2.20 bits per heavy atom. The Hall–Kier alpha value is -0.550. The second-order valence-corrected chi connectivity index (χ2v) is 5.42. The van der Waals surface area contributed by atoms with Gasteiger partial charge in [0.1, 0.15) is 5.82 Å². The van der Waals surface area contributed by atoms with Crippen LogP contribution in [0.5, 0.6) is 0 Å². The summed E-state index contributed by atoms with van der Waals surface area (Å²) in [6.45, 7) is 2.58. The van der Waals surface area contributed by atoms with E-state index in [1.54, 1.807) is 6.92 Å². The minimum absolute atomic E-state index is 0. The number of halogens is 4. The third-order valence-corrected chi connectivity index (χ3v) is 3.96. The van der Waals surface area contributed by atoms with Crippen LogP contribution in [0.2, 0.25) is 10.0 Å². The van der Waals surface area contributed by atoms with Crippen LogP contribution in [0, 0.1) is 5.82 Å². The third kappa shape index (κ3) is 3.76. The fourth-order valence-corrected chi connectivity index (χ4v) is 2.93. The van der Waals surface area contributed by atoms with E-state index in [0.29, 0.717) is 10.6 Å². The number of benzene rings is 1. The summed E-state index contributed by atoms with van der Waals surface area (Å²) in [6, 6.07) is 2.02. The molecule has 0 aromatic heterocycles. The van der Waals surface area contributed by atoms with Gasteiger partial charge in [-0.3, -0.25) is 4.79 Å². The maximum atomic E-state index is 13.4. The van der Waals surface area contributed by atoms with Gasteiger partial charge < -0.3 is 10.6 Å². The number of hydrogen-bond acceptors (Lipinski definition) is 2. The molecule has 1 aliphatic rings. The maximum absolute atomic E-state index is 13.4. The van der Waals surface area contributed by atoms with Gasteiger partial charge in [0.25, 0.3) is 0 Å². The Morgan fingerprint density at radius 3 is 2.80 bits per heavy atom. The van der Waals surface area contributed by atoms with Gasteiger partial charge in [0, 0.05) is 10.6 Å². The van der Waals surface area contributed by atoms with Crippen molar-refractivity contribution in [1.82, 2.24) is 10.6 Å². The largest absolute Gasteiger partial charge is 0.348 e. The summed E-state index contributed by atoms with van der Waals surface area (Å²) in [6.07, 6.45) is 1.79. The number of hydrogen-bond donors (Lipinski definition) is 2. The molecule has 1 fully saturated rings. The smallest absolute Gasteiger partial charge is 0.237 e. The zero-order valence-electron chi connectivity index (χ0n) is 10.9. The summed E-state index contributed by atoms with van der Waals surface area (Å²) in [7, 11) is 0. The number of carbonyl (C=O) groups excluding carboxylic acids is 1. The molecule has 1 aromatic rings. The topological polar surface area (TPSA) is 41.1 Å². The summed E-state index contributed by atoms with van der Waals surface area (Å²) in [5, 5.41) is 6.22. The highest BCUT2D eigenvalue weighted by Gasteiger charge is 2.25. The summed E-state index contributed by atoms with van der Waals surface area (Å²) >= 11 is 11.9. The number of nitrogens with one attached hydrogen (secondary N) is 2. The lowest BCUT2D eigenvalue weighted by molar-refractivity contribution is -0.123. The van der Waals surface area contributed by atoms with Crippen LogP contribution in [0.4, 0.5) is 4.39 Å². The van der Waals surface area contributed by atoms with Crippen molar-refractivity contribution >= 4 is 41.5 Å². The molecule has 1 aromatic carbocycles. The minimum atomic E-state index is -0.541. The van der Waals surface area contributed by atoms with Crippen LogP contribution in [0.1, 0.15) is 31.4 Å². The lowest BCUT2D eigenvalue weighted by Gasteiger charge is -2.19. The van der Waals surface area contributed by atoms with E-state index in [1.165, 1.54) is 12.1 Å². The molecule has 1 amide bonds. The second kappa shape index (κ2) is 7.46. The van der Waals surface area contributed by atoms with Crippen LogP contribution in [0.3, 0.4) is 0 Å². The van der Waals surface area contributed by atoms with Gasteiger partial charge in [0.15, 0.2) is 0 Å². The van der Waals surface area contributed by atoms with E-state index >= 15 is 0 Å². The first kappa shape index (κ1) is 17.5. The van der Waals surface area contributed by atoms with Crippen LogP contribution >= 0.6 is 35.6 Å². The van der Waals surface area contributed by atoms with E-state index in [-0.39, 0.29) is 29.4 Å². The average molecular weight is 342 g/mol. The first-order valence-corrected chi connectivity index (χ1v) is 6.93. The van der Waals surface area contributed by atoms with Gasteiger partial charge in [0.05, 0.1) is 17.1 Å². The maximum Gasteiger partial charge on any atom is 0.237 e. The van der Waals surface area contributed by atoms with Crippen molar-refractivity contribution < 1.29 is 9.18 Å². The Morgan fingerprint density at radius 1 is 1.50 bits per heavy atom. The molecule has 1 aliphatic heterocycles. The molecule has 0 aliphatic carbocycles. The normalized spacial score (nSPS) is 19.3. The molecule has 3 nitrogen and oxygen atoms in total. The highest BCUT2D eigenvalue weighted by atomic mass is 35.5. The van der Waals surface area contributed by atoms with Crippen LogP contribution < -0.4 is 10.6 Å². The molecular weight excluding hydrogens is 326 g/mol. The fourth-order valence-electron chi connectivity index (χ4n) is 2.23. The van der Waals surface area contributed by atoms with Crippen LogP contribution in [0.15, 0.2) is 12.1 Å². The Balaban J connectivity index is 0.00000200. The summed E-state index contributed by atoms with van der Waals surface area (Å²) in [4.78, 5) is 12.0. The predicted octanol–water partition coefficient (Wildman–Crippen LogP) is 3.48. The van der Waals surface area contributed by atoms with E-state index in [1.807, 2.05) is 0 Å². The molecule has 0 bridgehead atoms. The molecule has 2 atom stereocenters. The van der Waals surface area contributed by atoms with E-state index in [4.69, 9.17) is 23.2 Å². The average Bonchev–Trinajstić information content (AvgIpc) is 2.88. The quantitative estimate of drug-likeness (QED) is 0.826. The van der Waals surface area contributed by atoms with Gasteiger partial charge in [-0.1, -0.05) is 23.2 Å². The zero-order valence-corrected chi connectivity index (χ0v) is 13.2. The summed E-state index contributed by atoms with van der Waals surface area (Å²) in [5.74, 6) is -0.650. The monoisotopic (exact) mass is 340 g/mol. The van der Waals surface area contributed by atoms with Crippen molar-refractivity contribution in [1.29, 1.82) is 0 Å². The first-order chi connectivity index (χ1) is 9.00. The molecule has 112 valence electrons. The van der Waals surface area contributed by atoms with E-state index in [9.17, 15) is 9.18 Å². The number of rotatable bonds is 3. The van der Waals surface area contributed by atoms with Crippen molar-refractivity contribution in [3.63, 3.8) is 0 Å². The molecule has 20 heavy (non-hydrogen) atoms. The van der Waals surface area contributed by atoms with Crippen molar-refractivity contribution in [2.45, 2.75) is 31.8 Å². The van der Waals surface area contributed by atoms with Gasteiger partial charge in [0.2, 0.25) is 5.91 Å². The van der Waals surface area contributed by atoms with Gasteiger partial charge >= 0.3 is 0 Å². The highest BCUT2D eigenvalue weighted by molar-refractivity contribution is 6.36. The highest BCUT2D eigenvalue weighted by Crippen LogP contribution is 2.32. The minimum Gasteiger partial charge on any atom is -0.348 e. The van der Waals surface area contributed by atoms with Gasteiger partial charge in [-0.15, -0.1) is 12.4 Å². The molecule has 0 spiro atoms. The molecule has 7 heteroatoms. The lowest BCUT2D eigenvalue weighted by Crippen LogP contribution is -2.41. The van der Waals surface area contributed by atoms with Crippen molar-refractivity contribution in [2.75, 3.05) is 6.54 Å². The van der Waals surface area contributed by atoms with E-state index < -0.39 is 11.9 Å². The zero-order chi connectivity index (χ0) is 14.0. The van der Waals surface area contributed by atoms with E-state index in [2.05, 4.69) is 10.6 Å². The van der Waals surface area contributed by atoms with Crippen LogP contribution in [-0.4, -0.2) is 18.5 Å². The fraction of sp³-hybridized carbons (Fsp3) is 0.462. The molecule has 2 rings (SSSR count). The lowest BCUT2D eigenvalue weighted by atomic mass is 10.1. The molecule has 0 saturated carbocycles. The molecule has 0 radical (unpaired) electrons. The second-order valence-electron chi connectivity index (χ2n) is 4.64. The first-order valence-electron chi connectivity index (χ1n) is 6.18. The molecule has 2 N–H and O–H groups in total. The van der Waals surface area contributed by atoms with Gasteiger partial charge in [-0.25, -0.2) is 4.39 Å². The molecular formula is C13H16Cl3FN2O. The SMILES string of the molecule is CC(NC(=O)C1CCCN1)c1c(Cl)ccc(F)c1Cl.Cl. The van der Waals surface area contributed by atoms with Crippen molar-refractivity contribution in [3.8, 4) is 0 Å². The van der Waals surface area contributed by atoms with Crippen LogP contribution in [0.25, 0.3) is 0 Å². The molecule has 2 unspecified atom stereocenters. The molecule has 1 saturated heterocycles. The van der Waals surface area contributed by atoms with Gasteiger partial charge in [-0.2, -0.15) is 0 Å². The van der Waals surface area contributed by atoms with E-state index in [0.717, 1.165) is 19.4 Å². The van der Waals surface area contributed by atoms with Crippen molar-refractivity contribution in [2.24, 2.45) is 0 Å². The predicted molar refractivity (Wildman–Crippen MR) is 81.3 cm³/mol. The summed E-state index contributed by atoms with van der Waals surface area (Å²) < 4.78 is 13.4. The standard InChI is InChI=1S/C13H15Cl2FN2O.ClH/c1-7(18-13(19)10-3-2-6-17-10)11-8(14)4-5-9(16)12(11)15;/h4-5,7,10,17H,2-3,6H2,1H3,(H,18,19);1H. The Kier molecular flexibility index (Phi) is 6.52. The number of amides is 1. The van der Waals surface area contributed by atoms with Crippen LogP contribution in [-0.2, 0) is 4.79 Å². The number of carbonyl (C=O) groups is 1. The Labute approximate surface area is 133 Å². The van der Waals surface area contributed by atoms with Gasteiger partial charge in [-0.05, 0) is 38.4 Å². The summed E-state index contributed by atoms with van der Waals surface area (Å²) in [5.41, 5.74) is 0.412. The third-order valence-electron chi connectivity index (χ3n) is 3.25. The Bertz CT molecular complexity index is 493.